The first-order chi connectivity index (χ1) is 31.2. The zero-order valence-corrected chi connectivity index (χ0v) is 35.0. The van der Waals surface area contributed by atoms with Crippen molar-refractivity contribution in [2.75, 3.05) is 0 Å². The molecule has 0 fully saturated rings. The fraction of sp³-hybridized carbons (Fsp3) is 0.0656. The molecule has 10 aromatic carbocycles. The highest BCUT2D eigenvalue weighted by Crippen LogP contribution is 2.52. The minimum Gasteiger partial charge on any atom is -0.293 e. The number of benzene rings is 10. The summed E-state index contributed by atoms with van der Waals surface area (Å²) in [6.07, 6.45) is 1.74. The second-order valence-corrected chi connectivity index (χ2v) is 17.2. The Hall–Kier alpha value is -7.81. The van der Waals surface area contributed by atoms with E-state index in [2.05, 4.69) is 218 Å². The van der Waals surface area contributed by atoms with Crippen LogP contribution in [0.3, 0.4) is 0 Å². The van der Waals surface area contributed by atoms with Crippen molar-refractivity contribution in [1.29, 1.82) is 0 Å². The molecule has 1 aromatic heterocycles. The van der Waals surface area contributed by atoms with E-state index in [4.69, 9.17) is 4.99 Å². The lowest BCUT2D eigenvalue weighted by Crippen LogP contribution is -2.15. The number of rotatable bonds is 4. The summed E-state index contributed by atoms with van der Waals surface area (Å²) < 4.78 is 2.49. The maximum atomic E-state index is 5.78. The molecule has 0 N–H and O–H groups in total. The van der Waals surface area contributed by atoms with E-state index in [0.717, 1.165) is 35.4 Å². The van der Waals surface area contributed by atoms with Crippen molar-refractivity contribution in [1.82, 2.24) is 4.57 Å². The van der Waals surface area contributed by atoms with E-state index in [1.54, 1.807) is 0 Å². The van der Waals surface area contributed by atoms with Crippen LogP contribution in [0.5, 0.6) is 0 Å². The highest BCUT2D eigenvalue weighted by molar-refractivity contribution is 6.33. The molecule has 0 amide bonds. The van der Waals surface area contributed by atoms with E-state index in [1.807, 2.05) is 0 Å². The predicted molar refractivity (Wildman–Crippen MR) is 267 cm³/mol. The largest absolute Gasteiger partial charge is 0.293 e. The van der Waals surface area contributed by atoms with Crippen LogP contribution in [0.1, 0.15) is 47.1 Å². The number of nitrogens with zero attached hydrogens (tertiary/aromatic N) is 2. The van der Waals surface area contributed by atoms with Crippen LogP contribution in [0.15, 0.2) is 217 Å². The summed E-state index contributed by atoms with van der Waals surface area (Å²) >= 11 is 0. The second-order valence-electron chi connectivity index (χ2n) is 17.2. The SMILES string of the molecule is CCC1=C(c2cccc(-c3cccc4ccccc34)c2)C(n2c3ccc(C4c5ccccc5-c5c4ccc4ccccc54)cc3c3c4ccccc4ccc32)=Nc2ccccc2C1. The lowest BCUT2D eigenvalue weighted by atomic mass is 9.87. The summed E-state index contributed by atoms with van der Waals surface area (Å²) in [5, 5.41) is 10.1. The lowest BCUT2D eigenvalue weighted by Gasteiger charge is -2.19. The van der Waals surface area contributed by atoms with Crippen molar-refractivity contribution in [2.24, 2.45) is 4.99 Å². The van der Waals surface area contributed by atoms with E-state index in [9.17, 15) is 0 Å². The first-order valence-electron chi connectivity index (χ1n) is 22.3. The normalized spacial score (nSPS) is 14.6. The van der Waals surface area contributed by atoms with Crippen LogP contribution in [0, 0.1) is 0 Å². The Morgan fingerprint density at radius 3 is 2.02 bits per heavy atom. The molecule has 2 heteroatoms. The fourth-order valence-corrected chi connectivity index (χ4v) is 11.1. The van der Waals surface area contributed by atoms with Crippen molar-refractivity contribution in [3.63, 3.8) is 0 Å². The standard InChI is InChI=1S/C61H42N2/c1-2-38-35-43-18-6-12-28-54(43)62-61(57(38)44-21-13-20-42(36-44)47-27-14-19-39-15-3-7-22-46(39)47)63-55-33-31-45(37-53(55)60-49-24-9-5-17-41(49)30-34-56(60)63)58-50-25-10-11-26-51(50)59-48-23-8-4-16-40(48)29-32-52(58)59/h3-34,36-37,58H,2,35H2,1H3. The third-order valence-electron chi connectivity index (χ3n) is 13.9. The first kappa shape index (κ1) is 35.9. The van der Waals surface area contributed by atoms with Gasteiger partial charge in [0.2, 0.25) is 0 Å². The molecule has 13 rings (SSSR count). The molecule has 1 aliphatic heterocycles. The van der Waals surface area contributed by atoms with Gasteiger partial charge >= 0.3 is 0 Å². The molecular formula is C61H42N2. The van der Waals surface area contributed by atoms with Crippen LogP contribution < -0.4 is 0 Å². The molecule has 1 atom stereocenters. The van der Waals surface area contributed by atoms with Crippen LogP contribution in [0.4, 0.5) is 5.69 Å². The first-order valence-corrected chi connectivity index (χ1v) is 22.3. The van der Waals surface area contributed by atoms with Gasteiger partial charge in [0.15, 0.2) is 0 Å². The third kappa shape index (κ3) is 5.48. The van der Waals surface area contributed by atoms with E-state index < -0.39 is 0 Å². The van der Waals surface area contributed by atoms with Gasteiger partial charge in [-0.2, -0.15) is 0 Å². The predicted octanol–water partition coefficient (Wildman–Crippen LogP) is 16.1. The molecular weight excluding hydrogens is 761 g/mol. The maximum absolute atomic E-state index is 5.78. The molecule has 0 saturated heterocycles. The van der Waals surface area contributed by atoms with E-state index >= 15 is 0 Å². The van der Waals surface area contributed by atoms with Crippen LogP contribution in [0.25, 0.3) is 82.0 Å². The third-order valence-corrected chi connectivity index (χ3v) is 13.9. The van der Waals surface area contributed by atoms with Gasteiger partial charge in [-0.1, -0.05) is 188 Å². The van der Waals surface area contributed by atoms with Crippen LogP contribution in [-0.2, 0) is 6.42 Å². The average molecular weight is 803 g/mol. The van der Waals surface area contributed by atoms with Gasteiger partial charge < -0.3 is 0 Å². The Kier molecular flexibility index (Phi) is 8.05. The summed E-state index contributed by atoms with van der Waals surface area (Å²) in [4.78, 5) is 5.78. The number of fused-ring (bicyclic) bond motifs is 12. The highest BCUT2D eigenvalue weighted by Gasteiger charge is 2.32. The quantitative estimate of drug-likeness (QED) is 0.169. The average Bonchev–Trinajstić information content (AvgIpc) is 3.80. The zero-order chi connectivity index (χ0) is 41.6. The summed E-state index contributed by atoms with van der Waals surface area (Å²) in [7, 11) is 0. The van der Waals surface area contributed by atoms with Gasteiger partial charge in [0.25, 0.3) is 0 Å². The monoisotopic (exact) mass is 802 g/mol. The molecule has 2 nitrogen and oxygen atoms in total. The van der Waals surface area contributed by atoms with Gasteiger partial charge in [-0.25, -0.2) is 4.99 Å². The Morgan fingerprint density at radius 1 is 0.492 bits per heavy atom. The number of para-hydroxylation sites is 1. The van der Waals surface area contributed by atoms with Crippen molar-refractivity contribution in [2.45, 2.75) is 25.7 Å². The molecule has 0 saturated carbocycles. The minimum atomic E-state index is 0.111. The molecule has 2 heterocycles. The van der Waals surface area contributed by atoms with Gasteiger partial charge in [0, 0.05) is 22.3 Å². The van der Waals surface area contributed by atoms with Gasteiger partial charge in [0.1, 0.15) is 5.84 Å². The van der Waals surface area contributed by atoms with Gasteiger partial charge in [0.05, 0.1) is 16.7 Å². The highest BCUT2D eigenvalue weighted by atomic mass is 15.1. The number of aliphatic imine (C=N–C) groups is 1. The van der Waals surface area contributed by atoms with Crippen LogP contribution in [0.2, 0.25) is 0 Å². The van der Waals surface area contributed by atoms with Crippen molar-refractivity contribution in [3.8, 4) is 22.3 Å². The molecule has 0 spiro atoms. The summed E-state index contributed by atoms with van der Waals surface area (Å²) in [5.74, 6) is 1.08. The van der Waals surface area contributed by atoms with E-state index in [0.29, 0.717) is 0 Å². The maximum Gasteiger partial charge on any atom is 0.146 e. The molecule has 1 aliphatic carbocycles. The van der Waals surface area contributed by atoms with Crippen molar-refractivity contribution < 1.29 is 0 Å². The second kappa shape index (κ2) is 14.1. The number of allylic oxidation sites excluding steroid dienone is 2. The molecule has 2 aliphatic rings. The number of hydrogen-bond donors (Lipinski definition) is 0. The summed E-state index contributed by atoms with van der Waals surface area (Å²) in [5.41, 5.74) is 17.6. The lowest BCUT2D eigenvalue weighted by molar-refractivity contribution is 1.01. The van der Waals surface area contributed by atoms with E-state index in [1.165, 1.54) is 104 Å². The van der Waals surface area contributed by atoms with Crippen LogP contribution in [-0.4, -0.2) is 10.4 Å². The summed E-state index contributed by atoms with van der Waals surface area (Å²) in [6.45, 7) is 2.31. The Bertz CT molecular complexity index is 3760. The Labute approximate surface area is 366 Å². The molecule has 1 unspecified atom stereocenters. The van der Waals surface area contributed by atoms with Gasteiger partial charge in [-0.05, 0) is 126 Å². The topological polar surface area (TPSA) is 17.3 Å². The van der Waals surface area contributed by atoms with Crippen LogP contribution >= 0.6 is 0 Å². The van der Waals surface area contributed by atoms with Crippen molar-refractivity contribution in [3.05, 3.63) is 240 Å². The smallest absolute Gasteiger partial charge is 0.146 e. The Balaban J connectivity index is 1.09. The molecule has 11 aromatic rings. The Morgan fingerprint density at radius 2 is 1.14 bits per heavy atom. The van der Waals surface area contributed by atoms with E-state index in [-0.39, 0.29) is 5.92 Å². The zero-order valence-electron chi connectivity index (χ0n) is 35.0. The summed E-state index contributed by atoms with van der Waals surface area (Å²) in [6, 6.07) is 76.6. The van der Waals surface area contributed by atoms with Gasteiger partial charge in [-0.3, -0.25) is 4.57 Å². The minimum absolute atomic E-state index is 0.111. The molecule has 63 heavy (non-hydrogen) atoms. The van der Waals surface area contributed by atoms with Gasteiger partial charge in [-0.15, -0.1) is 0 Å². The molecule has 0 radical (unpaired) electrons. The van der Waals surface area contributed by atoms with Crippen molar-refractivity contribution >= 4 is 71.2 Å². The number of aromatic nitrogens is 1. The molecule has 296 valence electrons. The fourth-order valence-electron chi connectivity index (χ4n) is 11.1. The molecule has 0 bridgehead atoms. The number of hydrogen-bond acceptors (Lipinski definition) is 1.